The van der Waals surface area contributed by atoms with Crippen LogP contribution in [0.25, 0.3) is 0 Å². The fourth-order valence-electron chi connectivity index (χ4n) is 2.44. The van der Waals surface area contributed by atoms with E-state index in [1.807, 2.05) is 0 Å². The molecule has 20 heavy (non-hydrogen) atoms. The lowest BCUT2D eigenvalue weighted by molar-refractivity contribution is 0.199. The highest BCUT2D eigenvalue weighted by molar-refractivity contribution is 7.89. The second-order valence-corrected chi connectivity index (χ2v) is 7.34. The van der Waals surface area contributed by atoms with Gasteiger partial charge in [-0.2, -0.15) is 0 Å². The topological polar surface area (TPSA) is 75.9 Å². The van der Waals surface area contributed by atoms with E-state index in [1.54, 1.807) is 11.4 Å². The molecule has 0 spiro atoms. The molecule has 0 aromatic heterocycles. The van der Waals surface area contributed by atoms with E-state index in [9.17, 15) is 8.42 Å². The second-order valence-electron chi connectivity index (χ2n) is 5.25. The predicted molar refractivity (Wildman–Crippen MR) is 81.2 cm³/mol. The van der Waals surface area contributed by atoms with Gasteiger partial charge in [-0.05, 0) is 45.3 Å². The summed E-state index contributed by atoms with van der Waals surface area (Å²) in [7, 11) is -1.53. The fraction of sp³-hybridized carbons (Fsp3) is 1.00. The summed E-state index contributed by atoms with van der Waals surface area (Å²) in [5.41, 5.74) is 5.50. The van der Waals surface area contributed by atoms with Gasteiger partial charge < -0.3 is 15.4 Å². The number of rotatable bonds is 9. The minimum Gasteiger partial charge on any atom is -0.385 e. The summed E-state index contributed by atoms with van der Waals surface area (Å²) in [5, 5.41) is 0. The van der Waals surface area contributed by atoms with E-state index in [0.29, 0.717) is 26.1 Å². The highest BCUT2D eigenvalue weighted by atomic mass is 32.2. The van der Waals surface area contributed by atoms with Crippen molar-refractivity contribution in [1.29, 1.82) is 0 Å². The lowest BCUT2D eigenvalue weighted by Gasteiger charge is -2.21. The van der Waals surface area contributed by atoms with Crippen LogP contribution in [0.1, 0.15) is 25.7 Å². The molecule has 1 aliphatic rings. The van der Waals surface area contributed by atoms with Gasteiger partial charge in [0.05, 0.1) is 5.75 Å². The maximum absolute atomic E-state index is 12.2. The summed E-state index contributed by atoms with van der Waals surface area (Å²) in [6, 6.07) is 0. The van der Waals surface area contributed by atoms with Gasteiger partial charge in [0.2, 0.25) is 10.0 Å². The second kappa shape index (κ2) is 9.68. The van der Waals surface area contributed by atoms with E-state index in [0.717, 1.165) is 45.4 Å². The Labute approximate surface area is 123 Å². The number of sulfonamides is 1. The minimum atomic E-state index is -3.12. The van der Waals surface area contributed by atoms with Crippen molar-refractivity contribution in [2.24, 2.45) is 5.73 Å². The molecule has 1 aliphatic heterocycles. The molecule has 1 heterocycles. The maximum Gasteiger partial charge on any atom is 0.214 e. The van der Waals surface area contributed by atoms with Crippen LogP contribution in [0.4, 0.5) is 0 Å². The van der Waals surface area contributed by atoms with Crippen molar-refractivity contribution in [3.05, 3.63) is 0 Å². The van der Waals surface area contributed by atoms with Crippen molar-refractivity contribution >= 4 is 10.0 Å². The lowest BCUT2D eigenvalue weighted by Crippen LogP contribution is -2.37. The average Bonchev–Trinajstić information content (AvgIpc) is 2.65. The van der Waals surface area contributed by atoms with Crippen LogP contribution in [-0.2, 0) is 14.8 Å². The van der Waals surface area contributed by atoms with Gasteiger partial charge in [0, 0.05) is 33.4 Å². The maximum atomic E-state index is 12.2. The zero-order chi connectivity index (χ0) is 14.8. The molecule has 1 fully saturated rings. The van der Waals surface area contributed by atoms with E-state index in [1.165, 1.54) is 0 Å². The van der Waals surface area contributed by atoms with Crippen LogP contribution < -0.4 is 5.73 Å². The largest absolute Gasteiger partial charge is 0.385 e. The number of nitrogens with two attached hydrogens (primary N) is 1. The molecule has 0 aromatic carbocycles. The van der Waals surface area contributed by atoms with Crippen LogP contribution in [0.3, 0.4) is 0 Å². The zero-order valence-electron chi connectivity index (χ0n) is 12.6. The SMILES string of the molecule is COCCCS(=O)(=O)N1CCCN(CCCCN)CC1. The first kappa shape index (κ1) is 17.8. The summed E-state index contributed by atoms with van der Waals surface area (Å²) in [4.78, 5) is 2.35. The van der Waals surface area contributed by atoms with Gasteiger partial charge in [0.1, 0.15) is 0 Å². The highest BCUT2D eigenvalue weighted by Gasteiger charge is 2.24. The van der Waals surface area contributed by atoms with Gasteiger partial charge in [-0.3, -0.25) is 0 Å². The number of methoxy groups -OCH3 is 1. The lowest BCUT2D eigenvalue weighted by atomic mass is 10.3. The number of ether oxygens (including phenoxy) is 1. The molecule has 7 heteroatoms. The summed E-state index contributed by atoms with van der Waals surface area (Å²) in [6.07, 6.45) is 3.61. The molecule has 0 unspecified atom stereocenters. The summed E-state index contributed by atoms with van der Waals surface area (Å²) in [5.74, 6) is 0.189. The first-order chi connectivity index (χ1) is 9.60. The molecule has 6 nitrogen and oxygen atoms in total. The van der Waals surface area contributed by atoms with Crippen molar-refractivity contribution in [3.8, 4) is 0 Å². The molecule has 1 rings (SSSR count). The van der Waals surface area contributed by atoms with Crippen LogP contribution >= 0.6 is 0 Å². The normalized spacial score (nSPS) is 19.1. The molecular weight excluding hydrogens is 278 g/mol. The van der Waals surface area contributed by atoms with Crippen LogP contribution in [0.5, 0.6) is 0 Å². The molecule has 0 saturated carbocycles. The van der Waals surface area contributed by atoms with E-state index in [2.05, 4.69) is 4.90 Å². The van der Waals surface area contributed by atoms with Gasteiger partial charge in [-0.25, -0.2) is 12.7 Å². The van der Waals surface area contributed by atoms with Crippen molar-refractivity contribution in [2.45, 2.75) is 25.7 Å². The Bertz CT molecular complexity index is 349. The molecule has 1 saturated heterocycles. The Hall–Kier alpha value is -0.210. The van der Waals surface area contributed by atoms with Crippen LogP contribution in [0.15, 0.2) is 0 Å². The van der Waals surface area contributed by atoms with Crippen molar-refractivity contribution in [3.63, 3.8) is 0 Å². The third-order valence-electron chi connectivity index (χ3n) is 3.62. The smallest absolute Gasteiger partial charge is 0.214 e. The first-order valence-corrected chi connectivity index (χ1v) is 9.10. The molecule has 0 aliphatic carbocycles. The van der Waals surface area contributed by atoms with Crippen LogP contribution in [-0.4, -0.2) is 76.4 Å². The summed E-state index contributed by atoms with van der Waals surface area (Å²) >= 11 is 0. The van der Waals surface area contributed by atoms with Gasteiger partial charge in [0.25, 0.3) is 0 Å². The van der Waals surface area contributed by atoms with Crippen molar-refractivity contribution < 1.29 is 13.2 Å². The number of hydrogen-bond donors (Lipinski definition) is 1. The molecule has 0 radical (unpaired) electrons. The van der Waals surface area contributed by atoms with Gasteiger partial charge in [-0.15, -0.1) is 0 Å². The molecule has 120 valence electrons. The molecular formula is C13H29N3O3S. The number of nitrogens with zero attached hydrogens (tertiary/aromatic N) is 2. The Kier molecular flexibility index (Phi) is 8.63. The van der Waals surface area contributed by atoms with E-state index in [-0.39, 0.29) is 5.75 Å². The summed E-state index contributed by atoms with van der Waals surface area (Å²) < 4.78 is 31.0. The van der Waals surface area contributed by atoms with Crippen molar-refractivity contribution in [2.75, 3.05) is 58.7 Å². The third-order valence-corrected chi connectivity index (χ3v) is 5.58. The quantitative estimate of drug-likeness (QED) is 0.611. The predicted octanol–water partition coefficient (Wildman–Crippen LogP) is 0.0993. The number of hydrogen-bond acceptors (Lipinski definition) is 5. The van der Waals surface area contributed by atoms with Crippen LogP contribution in [0, 0.1) is 0 Å². The summed E-state index contributed by atoms with van der Waals surface area (Å²) in [6.45, 7) is 5.31. The molecule has 2 N–H and O–H groups in total. The van der Waals surface area contributed by atoms with E-state index >= 15 is 0 Å². The molecule has 0 amide bonds. The van der Waals surface area contributed by atoms with Gasteiger partial charge in [-0.1, -0.05) is 0 Å². The minimum absolute atomic E-state index is 0.189. The standard InChI is InChI=1S/C13H29N3O3S/c1-19-12-5-13-20(17,18)16-9-4-8-15(10-11-16)7-3-2-6-14/h2-14H2,1H3. The first-order valence-electron chi connectivity index (χ1n) is 7.49. The third kappa shape index (κ3) is 6.49. The Morgan fingerprint density at radius 2 is 1.90 bits per heavy atom. The molecule has 0 bridgehead atoms. The Morgan fingerprint density at radius 3 is 2.60 bits per heavy atom. The average molecular weight is 307 g/mol. The Balaban J connectivity index is 2.38. The van der Waals surface area contributed by atoms with E-state index < -0.39 is 10.0 Å². The van der Waals surface area contributed by atoms with Gasteiger partial charge in [0.15, 0.2) is 0 Å². The van der Waals surface area contributed by atoms with Gasteiger partial charge >= 0.3 is 0 Å². The Morgan fingerprint density at radius 1 is 1.10 bits per heavy atom. The highest BCUT2D eigenvalue weighted by Crippen LogP contribution is 2.10. The number of unbranched alkanes of at least 4 members (excludes halogenated alkanes) is 1. The molecule has 0 atom stereocenters. The van der Waals surface area contributed by atoms with Crippen LogP contribution in [0.2, 0.25) is 0 Å². The van der Waals surface area contributed by atoms with Crippen molar-refractivity contribution in [1.82, 2.24) is 9.21 Å². The monoisotopic (exact) mass is 307 g/mol. The zero-order valence-corrected chi connectivity index (χ0v) is 13.4. The molecule has 0 aromatic rings. The van der Waals surface area contributed by atoms with E-state index in [4.69, 9.17) is 10.5 Å². The fourth-order valence-corrected chi connectivity index (χ4v) is 3.95.